The van der Waals surface area contributed by atoms with Crippen molar-refractivity contribution < 1.29 is 4.39 Å². The molecule has 102 valence electrons. The lowest BCUT2D eigenvalue weighted by Gasteiger charge is -2.22. The highest BCUT2D eigenvalue weighted by Crippen LogP contribution is 2.25. The maximum atomic E-state index is 13.0. The first-order valence-corrected chi connectivity index (χ1v) is 7.45. The molecule has 0 spiro atoms. The van der Waals surface area contributed by atoms with Gasteiger partial charge in [-0.2, -0.15) is 0 Å². The number of nitrogens with one attached hydrogen (secondary N) is 1. The second kappa shape index (κ2) is 7.15. The molecule has 1 atom stereocenters. The molecule has 0 heterocycles. The van der Waals surface area contributed by atoms with Gasteiger partial charge in [-0.1, -0.05) is 26.8 Å². The van der Waals surface area contributed by atoms with Crippen molar-refractivity contribution in [3.05, 3.63) is 30.1 Å². The fourth-order valence-electron chi connectivity index (χ4n) is 1.67. The van der Waals surface area contributed by atoms with Crippen molar-refractivity contribution in [3.63, 3.8) is 0 Å². The molecule has 0 aromatic heterocycles. The number of hydrogen-bond donors (Lipinski definition) is 1. The lowest BCUT2D eigenvalue weighted by atomic mass is 9.89. The fourth-order valence-corrected chi connectivity index (χ4v) is 2.77. The van der Waals surface area contributed by atoms with Crippen LogP contribution in [0.25, 0.3) is 0 Å². The topological polar surface area (TPSA) is 12.0 Å². The summed E-state index contributed by atoms with van der Waals surface area (Å²) in [5.74, 6) is 0.825. The highest BCUT2D eigenvalue weighted by atomic mass is 32.2. The van der Waals surface area contributed by atoms with Gasteiger partial charge in [-0.25, -0.2) is 4.39 Å². The fraction of sp³-hybridized carbons (Fsp3) is 0.600. The van der Waals surface area contributed by atoms with Gasteiger partial charge in [-0.05, 0) is 43.5 Å². The molecule has 0 aliphatic carbocycles. The lowest BCUT2D eigenvalue weighted by Crippen LogP contribution is -2.29. The average molecular weight is 269 g/mol. The van der Waals surface area contributed by atoms with E-state index in [-0.39, 0.29) is 5.82 Å². The van der Waals surface area contributed by atoms with Crippen LogP contribution in [-0.2, 0) is 0 Å². The predicted molar refractivity (Wildman–Crippen MR) is 78.7 cm³/mol. The molecule has 1 nitrogen and oxygen atoms in total. The second-order valence-corrected chi connectivity index (χ2v) is 6.95. The summed E-state index contributed by atoms with van der Waals surface area (Å²) < 4.78 is 13.0. The van der Waals surface area contributed by atoms with Crippen molar-refractivity contribution in [2.75, 3.05) is 12.8 Å². The van der Waals surface area contributed by atoms with Gasteiger partial charge in [0.25, 0.3) is 0 Å². The van der Waals surface area contributed by atoms with Crippen LogP contribution in [0.3, 0.4) is 0 Å². The zero-order valence-corrected chi connectivity index (χ0v) is 12.6. The third kappa shape index (κ3) is 6.41. The highest BCUT2D eigenvalue weighted by Gasteiger charge is 2.14. The van der Waals surface area contributed by atoms with Crippen molar-refractivity contribution in [1.82, 2.24) is 5.32 Å². The van der Waals surface area contributed by atoms with E-state index < -0.39 is 0 Å². The van der Waals surface area contributed by atoms with Gasteiger partial charge < -0.3 is 5.32 Å². The summed E-state index contributed by atoms with van der Waals surface area (Å²) in [7, 11) is 2.00. The standard InChI is InChI=1S/C15H24FNS/c1-15(2,3)9-8-13(17-4)11-18-14-7-5-6-12(16)10-14/h5-7,10,13,17H,8-9,11H2,1-4H3. The molecule has 0 fully saturated rings. The van der Waals surface area contributed by atoms with E-state index in [9.17, 15) is 4.39 Å². The molecule has 1 N–H and O–H groups in total. The third-order valence-corrected chi connectivity index (χ3v) is 4.05. The van der Waals surface area contributed by atoms with Crippen molar-refractivity contribution >= 4 is 11.8 Å². The molecule has 1 unspecified atom stereocenters. The van der Waals surface area contributed by atoms with Gasteiger partial charge >= 0.3 is 0 Å². The molecule has 0 bridgehead atoms. The molecular formula is C15H24FNS. The Morgan fingerprint density at radius 2 is 2.06 bits per heavy atom. The molecule has 0 aliphatic heterocycles. The summed E-state index contributed by atoms with van der Waals surface area (Å²) in [5.41, 5.74) is 0.374. The second-order valence-electron chi connectivity index (χ2n) is 5.85. The largest absolute Gasteiger partial charge is 0.316 e. The van der Waals surface area contributed by atoms with Gasteiger partial charge in [-0.15, -0.1) is 11.8 Å². The van der Waals surface area contributed by atoms with E-state index in [0.717, 1.165) is 17.1 Å². The maximum absolute atomic E-state index is 13.0. The van der Waals surface area contributed by atoms with Gasteiger partial charge in [0, 0.05) is 16.7 Å². The van der Waals surface area contributed by atoms with Crippen molar-refractivity contribution in [2.45, 2.75) is 44.6 Å². The molecule has 3 heteroatoms. The van der Waals surface area contributed by atoms with Crippen LogP contribution in [-0.4, -0.2) is 18.8 Å². The molecule has 0 amide bonds. The molecule has 18 heavy (non-hydrogen) atoms. The van der Waals surface area contributed by atoms with Crippen LogP contribution in [0.5, 0.6) is 0 Å². The van der Waals surface area contributed by atoms with Gasteiger partial charge in [0.1, 0.15) is 5.82 Å². The first-order valence-electron chi connectivity index (χ1n) is 6.46. The molecule has 1 aromatic carbocycles. The Kier molecular flexibility index (Phi) is 6.16. The van der Waals surface area contributed by atoms with Crippen molar-refractivity contribution in [3.8, 4) is 0 Å². The number of hydrogen-bond acceptors (Lipinski definition) is 2. The Morgan fingerprint density at radius 1 is 1.33 bits per heavy atom. The molecule has 1 rings (SSSR count). The molecule has 0 saturated heterocycles. The van der Waals surface area contributed by atoms with E-state index in [1.54, 1.807) is 23.9 Å². The summed E-state index contributed by atoms with van der Waals surface area (Å²) in [6.07, 6.45) is 2.35. The molecule has 0 saturated carbocycles. The number of rotatable bonds is 6. The van der Waals surface area contributed by atoms with E-state index >= 15 is 0 Å². The average Bonchev–Trinajstić information content (AvgIpc) is 2.28. The number of benzene rings is 1. The lowest BCUT2D eigenvalue weighted by molar-refractivity contribution is 0.343. The van der Waals surface area contributed by atoms with E-state index in [2.05, 4.69) is 26.1 Å². The van der Waals surface area contributed by atoms with Crippen LogP contribution in [0.2, 0.25) is 0 Å². The maximum Gasteiger partial charge on any atom is 0.124 e. The Hall–Kier alpha value is -0.540. The van der Waals surface area contributed by atoms with Crippen LogP contribution in [0.1, 0.15) is 33.6 Å². The van der Waals surface area contributed by atoms with E-state index in [1.165, 1.54) is 12.5 Å². The normalized spacial score (nSPS) is 13.6. The van der Waals surface area contributed by atoms with Gasteiger partial charge in [0.2, 0.25) is 0 Å². The van der Waals surface area contributed by atoms with Crippen molar-refractivity contribution in [2.24, 2.45) is 5.41 Å². The monoisotopic (exact) mass is 269 g/mol. The summed E-state index contributed by atoms with van der Waals surface area (Å²) in [4.78, 5) is 1.01. The SMILES string of the molecule is CNC(CCC(C)(C)C)CSc1cccc(F)c1. The van der Waals surface area contributed by atoms with Gasteiger partial charge in [0.15, 0.2) is 0 Å². The first kappa shape index (κ1) is 15.5. The van der Waals surface area contributed by atoms with Gasteiger partial charge in [0.05, 0.1) is 0 Å². The zero-order chi connectivity index (χ0) is 13.6. The summed E-state index contributed by atoms with van der Waals surface area (Å²) in [6, 6.07) is 7.30. The summed E-state index contributed by atoms with van der Waals surface area (Å²) in [5, 5.41) is 3.34. The van der Waals surface area contributed by atoms with Crippen LogP contribution in [0.15, 0.2) is 29.2 Å². The molecule has 0 aliphatic rings. The Balaban J connectivity index is 2.40. The first-order chi connectivity index (χ1) is 8.40. The minimum absolute atomic E-state index is 0.157. The predicted octanol–water partition coefficient (Wildman–Crippen LogP) is 4.33. The molecular weight excluding hydrogens is 245 g/mol. The van der Waals surface area contributed by atoms with E-state index in [1.807, 2.05) is 13.1 Å². The van der Waals surface area contributed by atoms with E-state index in [4.69, 9.17) is 0 Å². The summed E-state index contributed by atoms with van der Waals surface area (Å²) >= 11 is 1.72. The van der Waals surface area contributed by atoms with Crippen molar-refractivity contribution in [1.29, 1.82) is 0 Å². The Morgan fingerprint density at radius 3 is 2.61 bits per heavy atom. The Labute approximate surface area is 115 Å². The Bertz CT molecular complexity index is 360. The zero-order valence-electron chi connectivity index (χ0n) is 11.8. The molecule has 0 radical (unpaired) electrons. The highest BCUT2D eigenvalue weighted by molar-refractivity contribution is 7.99. The van der Waals surface area contributed by atoms with Crippen LogP contribution >= 0.6 is 11.8 Å². The third-order valence-electron chi connectivity index (χ3n) is 2.90. The quantitative estimate of drug-likeness (QED) is 0.771. The number of halogens is 1. The molecule has 1 aromatic rings. The minimum Gasteiger partial charge on any atom is -0.316 e. The van der Waals surface area contributed by atoms with Crippen LogP contribution in [0.4, 0.5) is 4.39 Å². The van der Waals surface area contributed by atoms with E-state index in [0.29, 0.717) is 11.5 Å². The van der Waals surface area contributed by atoms with Crippen LogP contribution < -0.4 is 5.32 Å². The number of thioether (sulfide) groups is 1. The van der Waals surface area contributed by atoms with Gasteiger partial charge in [-0.3, -0.25) is 0 Å². The van der Waals surface area contributed by atoms with Crippen LogP contribution in [0, 0.1) is 11.2 Å². The smallest absolute Gasteiger partial charge is 0.124 e. The minimum atomic E-state index is -0.157. The summed E-state index contributed by atoms with van der Waals surface area (Å²) in [6.45, 7) is 6.79.